The molecule has 0 radical (unpaired) electrons. The number of esters is 3. The third-order valence-electron chi connectivity index (χ3n) is 15.9. The Morgan fingerprint density at radius 2 is 0.462 bits per heavy atom. The molecule has 0 aliphatic heterocycles. The predicted molar refractivity (Wildman–Crippen MR) is 339 cm³/mol. The Bertz CT molecular complexity index is 1300. The molecular formula is C72H134O6. The summed E-state index contributed by atoms with van der Waals surface area (Å²) in [4.78, 5) is 38.4. The monoisotopic (exact) mass is 1100 g/mol. The zero-order valence-electron chi connectivity index (χ0n) is 52.7. The van der Waals surface area contributed by atoms with Crippen LogP contribution in [0.25, 0.3) is 0 Å². The Morgan fingerprint density at radius 3 is 0.731 bits per heavy atom. The third kappa shape index (κ3) is 64.5. The first kappa shape index (κ1) is 75.6. The van der Waals surface area contributed by atoms with Crippen LogP contribution < -0.4 is 0 Å². The van der Waals surface area contributed by atoms with Crippen molar-refractivity contribution in [2.45, 2.75) is 393 Å². The van der Waals surface area contributed by atoms with Gasteiger partial charge in [0.15, 0.2) is 6.10 Å². The molecule has 78 heavy (non-hydrogen) atoms. The van der Waals surface area contributed by atoms with Gasteiger partial charge in [-0.1, -0.05) is 327 Å². The van der Waals surface area contributed by atoms with Crippen LogP contribution >= 0.6 is 0 Å². The highest BCUT2D eigenvalue weighted by Crippen LogP contribution is 2.18. The van der Waals surface area contributed by atoms with Crippen molar-refractivity contribution in [3.8, 4) is 0 Å². The van der Waals surface area contributed by atoms with E-state index >= 15 is 0 Å². The van der Waals surface area contributed by atoms with E-state index in [-0.39, 0.29) is 31.1 Å². The molecule has 6 nitrogen and oxygen atoms in total. The van der Waals surface area contributed by atoms with Crippen LogP contribution in [-0.2, 0) is 28.6 Å². The van der Waals surface area contributed by atoms with Crippen LogP contribution in [-0.4, -0.2) is 37.2 Å². The van der Waals surface area contributed by atoms with Gasteiger partial charge < -0.3 is 14.2 Å². The number of carbonyl (C=O) groups excluding carboxylic acids is 3. The summed E-state index contributed by atoms with van der Waals surface area (Å²) >= 11 is 0. The van der Waals surface area contributed by atoms with Crippen LogP contribution in [0.2, 0.25) is 0 Å². The number of allylic oxidation sites excluding steroid dienone is 6. The number of carbonyl (C=O) groups is 3. The average Bonchev–Trinajstić information content (AvgIpc) is 3.44. The van der Waals surface area contributed by atoms with Gasteiger partial charge in [-0.05, 0) is 77.0 Å². The van der Waals surface area contributed by atoms with Gasteiger partial charge in [-0.15, -0.1) is 0 Å². The van der Waals surface area contributed by atoms with Gasteiger partial charge in [0.1, 0.15) is 13.2 Å². The molecule has 0 saturated carbocycles. The topological polar surface area (TPSA) is 78.9 Å². The smallest absolute Gasteiger partial charge is 0.306 e. The molecule has 0 N–H and O–H groups in total. The lowest BCUT2D eigenvalue weighted by molar-refractivity contribution is -0.167. The minimum atomic E-state index is -0.779. The zero-order chi connectivity index (χ0) is 56.4. The van der Waals surface area contributed by atoms with Crippen molar-refractivity contribution in [3.63, 3.8) is 0 Å². The van der Waals surface area contributed by atoms with E-state index < -0.39 is 6.10 Å². The lowest BCUT2D eigenvalue weighted by Crippen LogP contribution is -2.30. The first-order chi connectivity index (χ1) is 38.5. The van der Waals surface area contributed by atoms with Crippen molar-refractivity contribution in [3.05, 3.63) is 36.5 Å². The molecular weight excluding hydrogens is 961 g/mol. The Labute approximate surface area is 486 Å². The van der Waals surface area contributed by atoms with Crippen molar-refractivity contribution in [1.29, 1.82) is 0 Å². The molecule has 0 aliphatic rings. The maximum absolute atomic E-state index is 12.9. The molecule has 1 atom stereocenters. The second-order valence-electron chi connectivity index (χ2n) is 23.8. The van der Waals surface area contributed by atoms with Crippen molar-refractivity contribution >= 4 is 17.9 Å². The molecule has 0 rings (SSSR count). The van der Waals surface area contributed by atoms with Gasteiger partial charge in [0.25, 0.3) is 0 Å². The van der Waals surface area contributed by atoms with E-state index in [2.05, 4.69) is 57.2 Å². The lowest BCUT2D eigenvalue weighted by Gasteiger charge is -2.18. The van der Waals surface area contributed by atoms with Crippen LogP contribution in [0.5, 0.6) is 0 Å². The summed E-state index contributed by atoms with van der Waals surface area (Å²) in [6.07, 6.45) is 83.2. The summed E-state index contributed by atoms with van der Waals surface area (Å²) in [5, 5.41) is 0. The van der Waals surface area contributed by atoms with Crippen LogP contribution in [0.4, 0.5) is 0 Å². The van der Waals surface area contributed by atoms with Gasteiger partial charge in [-0.3, -0.25) is 14.4 Å². The van der Waals surface area contributed by atoms with E-state index in [1.165, 1.54) is 270 Å². The summed E-state index contributed by atoms with van der Waals surface area (Å²) in [6.45, 7) is 6.68. The molecule has 0 aromatic carbocycles. The van der Waals surface area contributed by atoms with Crippen molar-refractivity contribution in [2.24, 2.45) is 0 Å². The summed E-state index contributed by atoms with van der Waals surface area (Å²) < 4.78 is 17.0. The second-order valence-corrected chi connectivity index (χ2v) is 23.8. The molecule has 0 aromatic heterocycles. The summed E-state index contributed by atoms with van der Waals surface area (Å²) in [5.74, 6) is -0.864. The molecule has 0 aromatic rings. The van der Waals surface area contributed by atoms with Gasteiger partial charge >= 0.3 is 17.9 Å². The number of unbranched alkanes of at least 4 members (excludes halogenated alkanes) is 48. The number of hydrogen-bond donors (Lipinski definition) is 0. The predicted octanol–water partition coefficient (Wildman–Crippen LogP) is 23.9. The van der Waals surface area contributed by atoms with Crippen molar-refractivity contribution in [1.82, 2.24) is 0 Å². The molecule has 0 fully saturated rings. The van der Waals surface area contributed by atoms with Crippen LogP contribution in [0, 0.1) is 0 Å². The van der Waals surface area contributed by atoms with Gasteiger partial charge in [0.2, 0.25) is 0 Å². The first-order valence-electron chi connectivity index (χ1n) is 35.0. The molecule has 458 valence electrons. The highest BCUT2D eigenvalue weighted by Gasteiger charge is 2.19. The van der Waals surface area contributed by atoms with E-state index in [9.17, 15) is 14.4 Å². The van der Waals surface area contributed by atoms with Crippen LogP contribution in [0.1, 0.15) is 387 Å². The van der Waals surface area contributed by atoms with Crippen molar-refractivity contribution < 1.29 is 28.6 Å². The largest absolute Gasteiger partial charge is 0.462 e. The first-order valence-corrected chi connectivity index (χ1v) is 35.0. The highest BCUT2D eigenvalue weighted by molar-refractivity contribution is 5.71. The fourth-order valence-electron chi connectivity index (χ4n) is 10.6. The maximum atomic E-state index is 12.9. The van der Waals surface area contributed by atoms with Gasteiger partial charge in [0.05, 0.1) is 0 Å². The van der Waals surface area contributed by atoms with Crippen LogP contribution in [0.3, 0.4) is 0 Å². The highest BCUT2D eigenvalue weighted by atomic mass is 16.6. The third-order valence-corrected chi connectivity index (χ3v) is 15.9. The van der Waals surface area contributed by atoms with E-state index in [0.29, 0.717) is 19.3 Å². The summed E-state index contributed by atoms with van der Waals surface area (Å²) in [7, 11) is 0. The maximum Gasteiger partial charge on any atom is 0.306 e. The number of ether oxygens (including phenoxy) is 3. The Balaban J connectivity index is 4.24. The Hall–Kier alpha value is -2.37. The number of rotatable bonds is 65. The Morgan fingerprint density at radius 1 is 0.256 bits per heavy atom. The minimum absolute atomic E-state index is 0.0736. The van der Waals surface area contributed by atoms with Gasteiger partial charge in [-0.2, -0.15) is 0 Å². The zero-order valence-corrected chi connectivity index (χ0v) is 52.7. The quantitative estimate of drug-likeness (QED) is 0.0261. The summed E-state index contributed by atoms with van der Waals surface area (Å²) in [5.41, 5.74) is 0. The molecule has 0 bridgehead atoms. The molecule has 1 unspecified atom stereocenters. The van der Waals surface area contributed by atoms with E-state index in [1.54, 1.807) is 0 Å². The fraction of sp³-hybridized carbons (Fsp3) is 0.875. The van der Waals surface area contributed by atoms with E-state index in [1.807, 2.05) is 0 Å². The average molecular weight is 1100 g/mol. The summed E-state index contributed by atoms with van der Waals surface area (Å²) in [6, 6.07) is 0. The fourth-order valence-corrected chi connectivity index (χ4v) is 10.6. The van der Waals surface area contributed by atoms with E-state index in [4.69, 9.17) is 14.2 Å². The van der Waals surface area contributed by atoms with Crippen molar-refractivity contribution in [2.75, 3.05) is 13.2 Å². The SMILES string of the molecule is CCCCCC/C=C\C/C=C\CCCCCCCCCC(=O)OC(COC(=O)CCCCCCC/C=C\CCCCCCCC)COC(=O)CCCCCCCCCCCCCCCCCCCCCCCCCCCCC. The van der Waals surface area contributed by atoms with E-state index in [0.717, 1.165) is 77.0 Å². The molecule has 0 aliphatic carbocycles. The standard InChI is InChI=1S/C72H134O6/c1-4-7-10-13-16-19-22-25-28-30-32-33-34-35-36-37-38-39-40-42-44-47-50-53-56-59-62-65-71(74)77-68-69(67-76-70(73)64-61-58-55-52-49-46-43-27-24-21-18-15-12-9-6-3)78-72(75)66-63-60-57-54-51-48-45-41-31-29-26-23-20-17-14-11-8-5-2/h20,23,27,29,31,43,69H,4-19,21-22,24-26,28,30,32-42,44-68H2,1-3H3/b23-20-,31-29-,43-27-. The number of hydrogen-bond acceptors (Lipinski definition) is 6. The second kappa shape index (κ2) is 67.1. The molecule has 0 spiro atoms. The molecule has 0 heterocycles. The molecule has 0 amide bonds. The normalized spacial score (nSPS) is 12.2. The lowest BCUT2D eigenvalue weighted by atomic mass is 10.0. The minimum Gasteiger partial charge on any atom is -0.462 e. The molecule has 0 saturated heterocycles. The Kier molecular flexibility index (Phi) is 65.1. The molecule has 6 heteroatoms. The van der Waals surface area contributed by atoms with Gasteiger partial charge in [-0.25, -0.2) is 0 Å². The van der Waals surface area contributed by atoms with Gasteiger partial charge in [0, 0.05) is 19.3 Å². The van der Waals surface area contributed by atoms with Crippen LogP contribution in [0.15, 0.2) is 36.5 Å².